The third kappa shape index (κ3) is 4.25. The van der Waals surface area contributed by atoms with Crippen LogP contribution in [0.4, 0.5) is 0 Å². The van der Waals surface area contributed by atoms with Crippen molar-refractivity contribution in [2.45, 2.75) is 19.4 Å². The molecule has 0 heterocycles. The molecule has 1 unspecified atom stereocenters. The van der Waals surface area contributed by atoms with Crippen molar-refractivity contribution in [1.82, 2.24) is 4.31 Å². The Morgan fingerprint density at radius 1 is 1.58 bits per heavy atom. The quantitative estimate of drug-likeness (QED) is 0.668. The van der Waals surface area contributed by atoms with E-state index in [1.807, 2.05) is 0 Å². The standard InChI is InChI=1S/C6H14ClNO3S/c1-6(9)3-4-8(2)12(10,11)5-7/h6,9H,3-5H2,1-2H3. The molecule has 74 valence electrons. The average molecular weight is 216 g/mol. The summed E-state index contributed by atoms with van der Waals surface area (Å²) in [7, 11) is -1.86. The lowest BCUT2D eigenvalue weighted by Crippen LogP contribution is -2.30. The molecule has 0 spiro atoms. The first-order valence-corrected chi connectivity index (χ1v) is 5.72. The van der Waals surface area contributed by atoms with Gasteiger partial charge < -0.3 is 5.11 Å². The fraction of sp³-hybridized carbons (Fsp3) is 1.00. The lowest BCUT2D eigenvalue weighted by Gasteiger charge is -2.15. The van der Waals surface area contributed by atoms with Gasteiger partial charge in [-0.15, -0.1) is 11.6 Å². The van der Waals surface area contributed by atoms with Crippen LogP contribution >= 0.6 is 11.6 Å². The fourth-order valence-electron chi connectivity index (χ4n) is 0.591. The monoisotopic (exact) mass is 215 g/mol. The molecule has 1 atom stereocenters. The molecule has 12 heavy (non-hydrogen) atoms. The van der Waals surface area contributed by atoms with E-state index in [2.05, 4.69) is 0 Å². The summed E-state index contributed by atoms with van der Waals surface area (Å²) in [5.41, 5.74) is 0. The van der Waals surface area contributed by atoms with Gasteiger partial charge in [-0.1, -0.05) is 0 Å². The molecule has 4 nitrogen and oxygen atoms in total. The van der Waals surface area contributed by atoms with E-state index in [0.717, 1.165) is 4.31 Å². The van der Waals surface area contributed by atoms with Crippen molar-refractivity contribution in [3.05, 3.63) is 0 Å². The van der Waals surface area contributed by atoms with Crippen LogP contribution in [0.15, 0.2) is 0 Å². The highest BCUT2D eigenvalue weighted by atomic mass is 35.5. The Morgan fingerprint density at radius 2 is 2.08 bits per heavy atom. The van der Waals surface area contributed by atoms with Gasteiger partial charge in [-0.3, -0.25) is 0 Å². The molecular weight excluding hydrogens is 202 g/mol. The molecule has 0 aliphatic rings. The molecule has 0 saturated heterocycles. The molecule has 0 aromatic carbocycles. The number of halogens is 1. The van der Waals surface area contributed by atoms with Crippen LogP contribution in [0.3, 0.4) is 0 Å². The predicted molar refractivity (Wildman–Crippen MR) is 48.6 cm³/mol. The smallest absolute Gasteiger partial charge is 0.227 e. The van der Waals surface area contributed by atoms with E-state index >= 15 is 0 Å². The zero-order valence-corrected chi connectivity index (χ0v) is 8.77. The molecule has 0 aliphatic heterocycles. The highest BCUT2D eigenvalue weighted by Gasteiger charge is 2.15. The minimum atomic E-state index is -3.31. The van der Waals surface area contributed by atoms with Gasteiger partial charge in [0.2, 0.25) is 10.0 Å². The molecule has 0 aromatic rings. The van der Waals surface area contributed by atoms with Gasteiger partial charge in [0, 0.05) is 13.6 Å². The van der Waals surface area contributed by atoms with Crippen LogP contribution in [-0.2, 0) is 10.0 Å². The highest BCUT2D eigenvalue weighted by molar-refractivity contribution is 7.90. The van der Waals surface area contributed by atoms with Crippen molar-refractivity contribution in [2.75, 3.05) is 18.8 Å². The number of hydrogen-bond donors (Lipinski definition) is 1. The molecule has 0 aliphatic carbocycles. The average Bonchev–Trinajstić information content (AvgIpc) is 2.00. The van der Waals surface area contributed by atoms with Crippen molar-refractivity contribution in [3.63, 3.8) is 0 Å². The van der Waals surface area contributed by atoms with Gasteiger partial charge in [-0.05, 0) is 13.3 Å². The first-order valence-electron chi connectivity index (χ1n) is 3.58. The Labute approximate surface area is 78.2 Å². The SMILES string of the molecule is CC(O)CCN(C)S(=O)(=O)CCl. The number of hydrogen-bond acceptors (Lipinski definition) is 3. The van der Waals surface area contributed by atoms with Crippen LogP contribution in [0.5, 0.6) is 0 Å². The van der Waals surface area contributed by atoms with E-state index in [4.69, 9.17) is 16.7 Å². The van der Waals surface area contributed by atoms with Gasteiger partial charge in [0.05, 0.1) is 6.10 Å². The van der Waals surface area contributed by atoms with Crippen molar-refractivity contribution in [1.29, 1.82) is 0 Å². The van der Waals surface area contributed by atoms with Crippen LogP contribution in [0.2, 0.25) is 0 Å². The second-order valence-electron chi connectivity index (χ2n) is 2.68. The van der Waals surface area contributed by atoms with E-state index in [1.54, 1.807) is 6.92 Å². The molecular formula is C6H14ClNO3S. The van der Waals surface area contributed by atoms with Crippen LogP contribution in [0.25, 0.3) is 0 Å². The number of sulfonamides is 1. The molecule has 0 bridgehead atoms. The third-order valence-corrected chi connectivity index (χ3v) is 3.71. The molecule has 0 fully saturated rings. The number of alkyl halides is 1. The minimum Gasteiger partial charge on any atom is -0.393 e. The summed E-state index contributed by atoms with van der Waals surface area (Å²) < 4.78 is 23.2. The van der Waals surface area contributed by atoms with E-state index in [0.29, 0.717) is 13.0 Å². The van der Waals surface area contributed by atoms with Crippen LogP contribution in [0.1, 0.15) is 13.3 Å². The Balaban J connectivity index is 3.96. The first kappa shape index (κ1) is 12.2. The number of aliphatic hydroxyl groups excluding tert-OH is 1. The maximum Gasteiger partial charge on any atom is 0.227 e. The Morgan fingerprint density at radius 3 is 2.42 bits per heavy atom. The maximum absolute atomic E-state index is 11.0. The second kappa shape index (κ2) is 5.01. The fourth-order valence-corrected chi connectivity index (χ4v) is 1.64. The highest BCUT2D eigenvalue weighted by Crippen LogP contribution is 2.02. The summed E-state index contributed by atoms with van der Waals surface area (Å²) in [6, 6.07) is 0. The van der Waals surface area contributed by atoms with E-state index < -0.39 is 21.3 Å². The normalized spacial score (nSPS) is 15.1. The summed E-state index contributed by atoms with van der Waals surface area (Å²) in [6.45, 7) is 1.91. The van der Waals surface area contributed by atoms with Crippen molar-refractivity contribution in [3.8, 4) is 0 Å². The molecule has 0 saturated carbocycles. The zero-order valence-electron chi connectivity index (χ0n) is 7.20. The van der Waals surface area contributed by atoms with Crippen molar-refractivity contribution >= 4 is 21.6 Å². The van der Waals surface area contributed by atoms with Gasteiger partial charge >= 0.3 is 0 Å². The van der Waals surface area contributed by atoms with E-state index in [1.165, 1.54) is 7.05 Å². The molecule has 0 rings (SSSR count). The topological polar surface area (TPSA) is 57.6 Å². The van der Waals surface area contributed by atoms with Gasteiger partial charge in [0.1, 0.15) is 5.21 Å². The largest absolute Gasteiger partial charge is 0.393 e. The van der Waals surface area contributed by atoms with Gasteiger partial charge in [-0.2, -0.15) is 0 Å². The minimum absolute atomic E-state index is 0.298. The number of nitrogens with zero attached hydrogens (tertiary/aromatic N) is 1. The van der Waals surface area contributed by atoms with E-state index in [-0.39, 0.29) is 0 Å². The molecule has 0 aromatic heterocycles. The molecule has 0 amide bonds. The summed E-state index contributed by atoms with van der Waals surface area (Å²) >= 11 is 5.21. The van der Waals surface area contributed by atoms with Crippen LogP contribution in [-0.4, -0.2) is 42.7 Å². The van der Waals surface area contributed by atoms with Gasteiger partial charge in [-0.25, -0.2) is 12.7 Å². The second-order valence-corrected chi connectivity index (χ2v) is 5.34. The lowest BCUT2D eigenvalue weighted by molar-refractivity contribution is 0.177. The van der Waals surface area contributed by atoms with Crippen molar-refractivity contribution in [2.24, 2.45) is 0 Å². The van der Waals surface area contributed by atoms with Crippen LogP contribution < -0.4 is 0 Å². The maximum atomic E-state index is 11.0. The van der Waals surface area contributed by atoms with Crippen LogP contribution in [0, 0.1) is 0 Å². The molecule has 0 radical (unpaired) electrons. The predicted octanol–water partition coefficient (Wildman–Crippen LogP) is 0.215. The Bertz CT molecular complexity index is 215. The van der Waals surface area contributed by atoms with Crippen molar-refractivity contribution < 1.29 is 13.5 Å². The van der Waals surface area contributed by atoms with E-state index in [9.17, 15) is 8.42 Å². The lowest BCUT2D eigenvalue weighted by atomic mass is 10.3. The Hall–Kier alpha value is 0.160. The van der Waals surface area contributed by atoms with Gasteiger partial charge in [0.25, 0.3) is 0 Å². The zero-order chi connectivity index (χ0) is 9.78. The van der Waals surface area contributed by atoms with Gasteiger partial charge in [0.15, 0.2) is 0 Å². The molecule has 1 N–H and O–H groups in total. The third-order valence-electron chi connectivity index (χ3n) is 1.47. The summed E-state index contributed by atoms with van der Waals surface area (Å²) in [5.74, 6) is 0. The first-order chi connectivity index (χ1) is 5.40. The summed E-state index contributed by atoms with van der Waals surface area (Å²) in [6.07, 6.45) is -0.0648. The Kier molecular flexibility index (Phi) is 5.08. The number of rotatable bonds is 5. The summed E-state index contributed by atoms with van der Waals surface area (Å²) in [5, 5.41) is 8.47. The number of aliphatic hydroxyl groups is 1. The summed E-state index contributed by atoms with van der Waals surface area (Å²) in [4.78, 5) is 0. The molecule has 6 heteroatoms.